The molecule has 0 aromatic heterocycles. The second kappa shape index (κ2) is 6.14. The van der Waals surface area contributed by atoms with Crippen LogP contribution in [0.2, 0.25) is 0 Å². The smallest absolute Gasteiger partial charge is 0.161 e. The Hall–Kier alpha value is -0.370. The summed E-state index contributed by atoms with van der Waals surface area (Å²) in [5.74, 6) is 0.327. The summed E-state index contributed by atoms with van der Waals surface area (Å²) < 4.78 is 5.42. The van der Waals surface area contributed by atoms with E-state index < -0.39 is 0 Å². The third kappa shape index (κ3) is 3.90. The number of rotatable bonds is 5. The van der Waals surface area contributed by atoms with Gasteiger partial charge in [-0.2, -0.15) is 0 Å². The monoisotopic (exact) mass is 184 g/mol. The van der Waals surface area contributed by atoms with Gasteiger partial charge in [0, 0.05) is 13.0 Å². The topological polar surface area (TPSA) is 26.3 Å². The molecule has 1 saturated heterocycles. The maximum atomic E-state index is 11.5. The number of carbonyl (C=O) groups excluding carboxylic acids is 1. The van der Waals surface area contributed by atoms with Crippen molar-refractivity contribution in [3.05, 3.63) is 0 Å². The molecule has 1 aliphatic heterocycles. The van der Waals surface area contributed by atoms with Crippen molar-refractivity contribution in [1.29, 1.82) is 0 Å². The van der Waals surface area contributed by atoms with Crippen molar-refractivity contribution in [2.24, 2.45) is 0 Å². The molecule has 1 aliphatic rings. The molecule has 1 unspecified atom stereocenters. The first-order valence-corrected chi connectivity index (χ1v) is 5.49. The van der Waals surface area contributed by atoms with E-state index in [9.17, 15) is 4.79 Å². The molecule has 0 bridgehead atoms. The summed E-state index contributed by atoms with van der Waals surface area (Å²) >= 11 is 0. The summed E-state index contributed by atoms with van der Waals surface area (Å²) in [4.78, 5) is 11.5. The highest BCUT2D eigenvalue weighted by molar-refractivity contribution is 5.83. The molecule has 0 amide bonds. The van der Waals surface area contributed by atoms with E-state index >= 15 is 0 Å². The van der Waals surface area contributed by atoms with Gasteiger partial charge in [0.05, 0.1) is 0 Å². The first kappa shape index (κ1) is 10.7. The summed E-state index contributed by atoms with van der Waals surface area (Å²) in [6.07, 6.45) is 7.27. The minimum Gasteiger partial charge on any atom is -0.370 e. The van der Waals surface area contributed by atoms with Gasteiger partial charge >= 0.3 is 0 Å². The molecule has 1 atom stereocenters. The van der Waals surface area contributed by atoms with Gasteiger partial charge in [0.25, 0.3) is 0 Å². The van der Waals surface area contributed by atoms with Crippen LogP contribution >= 0.6 is 0 Å². The first-order chi connectivity index (χ1) is 6.34. The van der Waals surface area contributed by atoms with E-state index in [0.29, 0.717) is 5.78 Å². The standard InChI is InChI=1S/C11H20O2/c1-2-3-4-7-10(12)11-8-5-6-9-13-11/h11H,2-9H2,1H3. The van der Waals surface area contributed by atoms with Crippen molar-refractivity contribution in [3.8, 4) is 0 Å². The van der Waals surface area contributed by atoms with E-state index in [1.807, 2.05) is 0 Å². The van der Waals surface area contributed by atoms with E-state index in [2.05, 4.69) is 6.92 Å². The normalized spacial score (nSPS) is 23.0. The largest absolute Gasteiger partial charge is 0.370 e. The summed E-state index contributed by atoms with van der Waals surface area (Å²) in [6.45, 7) is 2.94. The maximum Gasteiger partial charge on any atom is 0.161 e. The average Bonchev–Trinajstić information content (AvgIpc) is 2.19. The zero-order chi connectivity index (χ0) is 9.52. The number of Topliss-reactive ketones (excluding diaryl/α,β-unsaturated/α-hetero) is 1. The van der Waals surface area contributed by atoms with Gasteiger partial charge in [-0.25, -0.2) is 0 Å². The van der Waals surface area contributed by atoms with Gasteiger partial charge in [-0.05, 0) is 25.7 Å². The Bertz CT molecular complexity index is 148. The van der Waals surface area contributed by atoms with Gasteiger partial charge in [0.1, 0.15) is 6.10 Å². The van der Waals surface area contributed by atoms with Crippen LogP contribution in [0.25, 0.3) is 0 Å². The first-order valence-electron chi connectivity index (χ1n) is 5.49. The zero-order valence-electron chi connectivity index (χ0n) is 8.55. The van der Waals surface area contributed by atoms with Gasteiger partial charge in [-0.3, -0.25) is 4.79 Å². The lowest BCUT2D eigenvalue weighted by molar-refractivity contribution is -0.133. The molecular formula is C11H20O2. The summed E-state index contributed by atoms with van der Waals surface area (Å²) in [5.41, 5.74) is 0. The number of hydrogen-bond donors (Lipinski definition) is 0. The highest BCUT2D eigenvalue weighted by Crippen LogP contribution is 2.15. The van der Waals surface area contributed by atoms with Crippen LogP contribution in [-0.2, 0) is 9.53 Å². The molecule has 2 heteroatoms. The van der Waals surface area contributed by atoms with Gasteiger partial charge in [0.2, 0.25) is 0 Å². The average molecular weight is 184 g/mol. The number of unbranched alkanes of at least 4 members (excludes halogenated alkanes) is 2. The van der Waals surface area contributed by atoms with Gasteiger partial charge < -0.3 is 4.74 Å². The Balaban J connectivity index is 2.13. The van der Waals surface area contributed by atoms with Crippen LogP contribution in [0.4, 0.5) is 0 Å². The zero-order valence-corrected chi connectivity index (χ0v) is 8.55. The van der Waals surface area contributed by atoms with Crippen molar-refractivity contribution >= 4 is 5.78 Å². The molecule has 0 spiro atoms. The van der Waals surface area contributed by atoms with Crippen LogP contribution in [0, 0.1) is 0 Å². The molecule has 13 heavy (non-hydrogen) atoms. The quantitative estimate of drug-likeness (QED) is 0.614. The summed E-state index contributed by atoms with van der Waals surface area (Å²) in [6, 6.07) is 0. The molecule has 1 heterocycles. The Kier molecular flexibility index (Phi) is 5.06. The molecule has 1 rings (SSSR count). The SMILES string of the molecule is CCCCCC(=O)C1CCCCO1. The lowest BCUT2D eigenvalue weighted by atomic mass is 10.0. The molecule has 2 nitrogen and oxygen atoms in total. The molecule has 0 aromatic carbocycles. The third-order valence-electron chi connectivity index (χ3n) is 2.57. The van der Waals surface area contributed by atoms with Crippen LogP contribution < -0.4 is 0 Å². The van der Waals surface area contributed by atoms with Crippen molar-refractivity contribution in [2.45, 2.75) is 58.0 Å². The molecule has 76 valence electrons. The minimum atomic E-state index is -0.0643. The van der Waals surface area contributed by atoms with Crippen molar-refractivity contribution in [2.75, 3.05) is 6.61 Å². The van der Waals surface area contributed by atoms with Gasteiger partial charge in [-0.15, -0.1) is 0 Å². The highest BCUT2D eigenvalue weighted by atomic mass is 16.5. The van der Waals surface area contributed by atoms with Crippen LogP contribution in [0.5, 0.6) is 0 Å². The fourth-order valence-corrected chi connectivity index (χ4v) is 1.70. The molecular weight excluding hydrogens is 164 g/mol. The van der Waals surface area contributed by atoms with Crippen LogP contribution in [0.3, 0.4) is 0 Å². The van der Waals surface area contributed by atoms with E-state index in [1.165, 1.54) is 12.8 Å². The molecule has 0 N–H and O–H groups in total. The predicted molar refractivity (Wildman–Crippen MR) is 52.7 cm³/mol. The Morgan fingerprint density at radius 1 is 1.38 bits per heavy atom. The number of ether oxygens (including phenoxy) is 1. The molecule has 0 aliphatic carbocycles. The fourth-order valence-electron chi connectivity index (χ4n) is 1.70. The number of carbonyl (C=O) groups is 1. The third-order valence-corrected chi connectivity index (χ3v) is 2.57. The molecule has 0 aromatic rings. The minimum absolute atomic E-state index is 0.0643. The van der Waals surface area contributed by atoms with Crippen LogP contribution in [0.15, 0.2) is 0 Å². The van der Waals surface area contributed by atoms with Crippen molar-refractivity contribution < 1.29 is 9.53 Å². The van der Waals surface area contributed by atoms with Gasteiger partial charge in [-0.1, -0.05) is 19.8 Å². The molecule has 0 saturated carbocycles. The molecule has 0 radical (unpaired) electrons. The van der Waals surface area contributed by atoms with Crippen molar-refractivity contribution in [1.82, 2.24) is 0 Å². The lowest BCUT2D eigenvalue weighted by Crippen LogP contribution is -2.27. The summed E-state index contributed by atoms with van der Waals surface area (Å²) in [7, 11) is 0. The summed E-state index contributed by atoms with van der Waals surface area (Å²) in [5, 5.41) is 0. The van der Waals surface area contributed by atoms with Crippen LogP contribution in [-0.4, -0.2) is 18.5 Å². The van der Waals surface area contributed by atoms with Crippen LogP contribution in [0.1, 0.15) is 51.9 Å². The highest BCUT2D eigenvalue weighted by Gasteiger charge is 2.20. The Morgan fingerprint density at radius 3 is 2.85 bits per heavy atom. The molecule has 1 fully saturated rings. The second-order valence-corrected chi connectivity index (χ2v) is 3.78. The van der Waals surface area contributed by atoms with E-state index in [0.717, 1.165) is 38.7 Å². The Labute approximate surface area is 80.7 Å². The van der Waals surface area contributed by atoms with Crippen molar-refractivity contribution in [3.63, 3.8) is 0 Å². The maximum absolute atomic E-state index is 11.5. The predicted octanol–water partition coefficient (Wildman–Crippen LogP) is 2.70. The number of ketones is 1. The second-order valence-electron chi connectivity index (χ2n) is 3.78. The van der Waals surface area contributed by atoms with Gasteiger partial charge in [0.15, 0.2) is 5.78 Å². The number of hydrogen-bond acceptors (Lipinski definition) is 2. The fraction of sp³-hybridized carbons (Fsp3) is 0.909. The lowest BCUT2D eigenvalue weighted by Gasteiger charge is -2.21. The van der Waals surface area contributed by atoms with E-state index in [-0.39, 0.29) is 6.10 Å². The van der Waals surface area contributed by atoms with E-state index in [4.69, 9.17) is 4.74 Å². The Morgan fingerprint density at radius 2 is 2.23 bits per heavy atom. The van der Waals surface area contributed by atoms with E-state index in [1.54, 1.807) is 0 Å².